The summed E-state index contributed by atoms with van der Waals surface area (Å²) < 4.78 is 0. The Bertz CT molecular complexity index is 236. The van der Waals surface area contributed by atoms with Gasteiger partial charge in [-0.1, -0.05) is 24.3 Å². The van der Waals surface area contributed by atoms with E-state index in [1.54, 1.807) is 0 Å². The summed E-state index contributed by atoms with van der Waals surface area (Å²) in [5.41, 5.74) is 7.77. The van der Waals surface area contributed by atoms with Crippen LogP contribution in [0.1, 0.15) is 38.5 Å². The third kappa shape index (κ3) is 2.22. The first-order chi connectivity index (χ1) is 6.22. The predicted molar refractivity (Wildman–Crippen MR) is 56.4 cm³/mol. The van der Waals surface area contributed by atoms with Gasteiger partial charge >= 0.3 is 0 Å². The van der Waals surface area contributed by atoms with E-state index >= 15 is 0 Å². The molecule has 2 aliphatic carbocycles. The van der Waals surface area contributed by atoms with Crippen LogP contribution in [0.3, 0.4) is 0 Å². The van der Waals surface area contributed by atoms with Crippen molar-refractivity contribution in [2.75, 3.05) is 0 Å². The Morgan fingerprint density at radius 2 is 2.38 bits per heavy atom. The molecule has 1 unspecified atom stereocenters. The summed E-state index contributed by atoms with van der Waals surface area (Å²) in [6.45, 7) is 3.80. The third-order valence-electron chi connectivity index (χ3n) is 3.40. The van der Waals surface area contributed by atoms with Gasteiger partial charge in [0.25, 0.3) is 0 Å². The topological polar surface area (TPSA) is 26.0 Å². The minimum absolute atomic E-state index is 0.240. The molecule has 2 aliphatic rings. The minimum atomic E-state index is 0.240. The lowest BCUT2D eigenvalue weighted by Gasteiger charge is -2.23. The van der Waals surface area contributed by atoms with Crippen LogP contribution in [-0.4, -0.2) is 5.54 Å². The smallest absolute Gasteiger partial charge is 0.0158 e. The predicted octanol–water partition coefficient (Wildman–Crippen LogP) is 2.78. The highest BCUT2D eigenvalue weighted by molar-refractivity contribution is 5.18. The van der Waals surface area contributed by atoms with E-state index in [0.29, 0.717) is 0 Å². The Balaban J connectivity index is 1.84. The van der Waals surface area contributed by atoms with Crippen LogP contribution < -0.4 is 5.73 Å². The molecule has 0 heterocycles. The average molecular weight is 177 g/mol. The van der Waals surface area contributed by atoms with Gasteiger partial charge in [-0.3, -0.25) is 0 Å². The van der Waals surface area contributed by atoms with Gasteiger partial charge in [0, 0.05) is 5.54 Å². The Labute approximate surface area is 80.7 Å². The van der Waals surface area contributed by atoms with Crippen LogP contribution in [0.5, 0.6) is 0 Å². The third-order valence-corrected chi connectivity index (χ3v) is 3.40. The fourth-order valence-corrected chi connectivity index (χ4v) is 2.22. The molecule has 2 N–H and O–H groups in total. The van der Waals surface area contributed by atoms with Gasteiger partial charge in [-0.2, -0.15) is 0 Å². The van der Waals surface area contributed by atoms with Gasteiger partial charge in [-0.25, -0.2) is 0 Å². The number of hydrogen-bond donors (Lipinski definition) is 1. The van der Waals surface area contributed by atoms with E-state index in [4.69, 9.17) is 5.73 Å². The lowest BCUT2D eigenvalue weighted by atomic mass is 9.85. The largest absolute Gasteiger partial charge is 0.325 e. The van der Waals surface area contributed by atoms with E-state index in [1.807, 2.05) is 6.08 Å². The van der Waals surface area contributed by atoms with Gasteiger partial charge < -0.3 is 5.73 Å². The van der Waals surface area contributed by atoms with E-state index < -0.39 is 0 Å². The molecule has 0 spiro atoms. The second kappa shape index (κ2) is 3.30. The summed E-state index contributed by atoms with van der Waals surface area (Å²) in [7, 11) is 0. The molecule has 0 aromatic heterocycles. The van der Waals surface area contributed by atoms with Crippen LogP contribution in [0.2, 0.25) is 0 Å². The normalized spacial score (nSPS) is 30.8. The molecule has 0 aromatic rings. The van der Waals surface area contributed by atoms with Gasteiger partial charge in [-0.05, 0) is 44.4 Å². The minimum Gasteiger partial charge on any atom is -0.325 e. The van der Waals surface area contributed by atoms with E-state index in [1.165, 1.54) is 44.1 Å². The first kappa shape index (κ1) is 9.01. The number of rotatable bonds is 3. The lowest BCUT2D eigenvalue weighted by molar-refractivity contribution is 0.389. The van der Waals surface area contributed by atoms with Gasteiger partial charge in [-0.15, -0.1) is 0 Å². The van der Waals surface area contributed by atoms with E-state index in [9.17, 15) is 0 Å². The molecule has 13 heavy (non-hydrogen) atoms. The van der Waals surface area contributed by atoms with Crippen molar-refractivity contribution in [3.63, 3.8) is 0 Å². The SMILES string of the molecule is C=CC1=CCC(CC2(N)CC2)CC1. The molecule has 0 amide bonds. The van der Waals surface area contributed by atoms with Crippen molar-refractivity contribution in [1.29, 1.82) is 0 Å². The zero-order chi connectivity index (χ0) is 9.31. The molecular weight excluding hydrogens is 158 g/mol. The molecule has 1 fully saturated rings. The number of nitrogens with two attached hydrogens (primary N) is 1. The highest BCUT2D eigenvalue weighted by Crippen LogP contribution is 2.41. The zero-order valence-electron chi connectivity index (χ0n) is 8.26. The summed E-state index contributed by atoms with van der Waals surface area (Å²) in [6.07, 6.45) is 11.8. The second-order valence-electron chi connectivity index (χ2n) is 4.69. The first-order valence-corrected chi connectivity index (χ1v) is 5.32. The summed E-state index contributed by atoms with van der Waals surface area (Å²) in [5.74, 6) is 0.844. The number of hydrogen-bond acceptors (Lipinski definition) is 1. The summed E-state index contributed by atoms with van der Waals surface area (Å²) in [4.78, 5) is 0. The zero-order valence-corrected chi connectivity index (χ0v) is 8.26. The molecule has 0 aliphatic heterocycles. The molecule has 0 saturated heterocycles. The average Bonchev–Trinajstić information content (AvgIpc) is 2.85. The van der Waals surface area contributed by atoms with Crippen molar-refractivity contribution in [2.45, 2.75) is 44.1 Å². The molecule has 72 valence electrons. The maximum atomic E-state index is 6.10. The monoisotopic (exact) mass is 177 g/mol. The Hall–Kier alpha value is -0.560. The molecule has 2 rings (SSSR count). The molecular formula is C12H19N. The van der Waals surface area contributed by atoms with Gasteiger partial charge in [0.1, 0.15) is 0 Å². The standard InChI is InChI=1S/C12H19N/c1-2-10-3-5-11(6-4-10)9-12(13)7-8-12/h2-3,11H,1,4-9,13H2. The van der Waals surface area contributed by atoms with Crippen molar-refractivity contribution in [2.24, 2.45) is 11.7 Å². The van der Waals surface area contributed by atoms with Crippen molar-refractivity contribution in [1.82, 2.24) is 0 Å². The molecule has 1 heteroatoms. The lowest BCUT2D eigenvalue weighted by Crippen LogP contribution is -2.26. The number of allylic oxidation sites excluding steroid dienone is 3. The maximum absolute atomic E-state index is 6.10. The van der Waals surface area contributed by atoms with Crippen molar-refractivity contribution in [3.8, 4) is 0 Å². The summed E-state index contributed by atoms with van der Waals surface area (Å²) in [6, 6.07) is 0. The first-order valence-electron chi connectivity index (χ1n) is 5.32. The van der Waals surface area contributed by atoms with Crippen LogP contribution in [0.4, 0.5) is 0 Å². The van der Waals surface area contributed by atoms with E-state index in [0.717, 1.165) is 5.92 Å². The molecule has 0 aromatic carbocycles. The fourth-order valence-electron chi connectivity index (χ4n) is 2.22. The van der Waals surface area contributed by atoms with Crippen molar-refractivity contribution in [3.05, 3.63) is 24.3 Å². The highest BCUT2D eigenvalue weighted by atomic mass is 14.8. The quantitative estimate of drug-likeness (QED) is 0.704. The van der Waals surface area contributed by atoms with Gasteiger partial charge in [0.05, 0.1) is 0 Å². The summed E-state index contributed by atoms with van der Waals surface area (Å²) >= 11 is 0. The van der Waals surface area contributed by atoms with Crippen LogP contribution in [-0.2, 0) is 0 Å². The van der Waals surface area contributed by atoms with Crippen LogP contribution in [0, 0.1) is 5.92 Å². The highest BCUT2D eigenvalue weighted by Gasteiger charge is 2.39. The van der Waals surface area contributed by atoms with Crippen molar-refractivity contribution < 1.29 is 0 Å². The van der Waals surface area contributed by atoms with E-state index in [2.05, 4.69) is 12.7 Å². The van der Waals surface area contributed by atoms with Gasteiger partial charge in [0.2, 0.25) is 0 Å². The van der Waals surface area contributed by atoms with Crippen LogP contribution >= 0.6 is 0 Å². The Kier molecular flexibility index (Phi) is 2.29. The summed E-state index contributed by atoms with van der Waals surface area (Å²) in [5, 5.41) is 0. The van der Waals surface area contributed by atoms with E-state index in [-0.39, 0.29) is 5.54 Å². The molecule has 0 radical (unpaired) electrons. The second-order valence-corrected chi connectivity index (χ2v) is 4.69. The molecule has 0 bridgehead atoms. The van der Waals surface area contributed by atoms with Gasteiger partial charge in [0.15, 0.2) is 0 Å². The molecule has 1 nitrogen and oxygen atoms in total. The van der Waals surface area contributed by atoms with Crippen LogP contribution in [0.25, 0.3) is 0 Å². The maximum Gasteiger partial charge on any atom is 0.0158 e. The molecule has 1 atom stereocenters. The van der Waals surface area contributed by atoms with Crippen LogP contribution in [0.15, 0.2) is 24.3 Å². The Morgan fingerprint density at radius 1 is 1.62 bits per heavy atom. The Morgan fingerprint density at radius 3 is 2.85 bits per heavy atom. The van der Waals surface area contributed by atoms with Crippen molar-refractivity contribution >= 4 is 0 Å². The fraction of sp³-hybridized carbons (Fsp3) is 0.667. The molecule has 1 saturated carbocycles.